The van der Waals surface area contributed by atoms with Gasteiger partial charge in [-0.2, -0.15) is 0 Å². The fraction of sp³-hybridized carbons (Fsp3) is 0.300. The van der Waals surface area contributed by atoms with E-state index in [1.807, 2.05) is 48.5 Å². The number of amides is 2. The highest BCUT2D eigenvalue weighted by atomic mass is 16.6. The maximum absolute atomic E-state index is 12.6. The van der Waals surface area contributed by atoms with E-state index in [9.17, 15) is 9.59 Å². The summed E-state index contributed by atoms with van der Waals surface area (Å²) in [6, 6.07) is 14.1. The molecule has 2 aromatic carbocycles. The van der Waals surface area contributed by atoms with E-state index in [1.54, 1.807) is 14.2 Å². The van der Waals surface area contributed by atoms with Crippen molar-refractivity contribution in [1.82, 2.24) is 10.2 Å². The molecule has 0 radical (unpaired) electrons. The van der Waals surface area contributed by atoms with Crippen molar-refractivity contribution in [2.24, 2.45) is 0 Å². The van der Waals surface area contributed by atoms with Gasteiger partial charge in [0, 0.05) is 6.54 Å². The Kier molecular flexibility index (Phi) is 5.80. The van der Waals surface area contributed by atoms with Crippen molar-refractivity contribution in [2.45, 2.75) is 19.1 Å². The number of nitrogens with one attached hydrogen (secondary N) is 1. The van der Waals surface area contributed by atoms with Crippen LogP contribution in [0.3, 0.4) is 0 Å². The molecular weight excluding hydrogens is 348 g/mol. The maximum Gasteiger partial charge on any atom is 0.410 e. The van der Waals surface area contributed by atoms with Gasteiger partial charge in [0.25, 0.3) is 0 Å². The standard InChI is InChI=1S/C20H22N2O5/c1-25-16-8-6-14(7-9-16)12-22-18(13-27-20(22)24)19(23)21-11-15-4-3-5-17(10-15)26-2/h3-10,18H,11-13H2,1-2H3,(H,21,23)/t18-/m0/s1. The third-order valence-corrected chi connectivity index (χ3v) is 4.39. The average molecular weight is 370 g/mol. The number of methoxy groups -OCH3 is 2. The highest BCUT2D eigenvalue weighted by Crippen LogP contribution is 2.19. The highest BCUT2D eigenvalue weighted by molar-refractivity contribution is 5.87. The quantitative estimate of drug-likeness (QED) is 0.810. The molecule has 0 aliphatic carbocycles. The second-order valence-electron chi connectivity index (χ2n) is 6.14. The molecule has 1 atom stereocenters. The van der Waals surface area contributed by atoms with Gasteiger partial charge in [0.2, 0.25) is 5.91 Å². The minimum atomic E-state index is -0.662. The smallest absolute Gasteiger partial charge is 0.410 e. The number of carbonyl (C=O) groups is 2. The topological polar surface area (TPSA) is 77.1 Å². The Bertz CT molecular complexity index is 806. The Morgan fingerprint density at radius 2 is 1.85 bits per heavy atom. The first-order chi connectivity index (χ1) is 13.1. The third-order valence-electron chi connectivity index (χ3n) is 4.39. The summed E-state index contributed by atoms with van der Waals surface area (Å²) in [6.45, 7) is 0.677. The summed E-state index contributed by atoms with van der Waals surface area (Å²) in [5.74, 6) is 1.20. The van der Waals surface area contributed by atoms with E-state index < -0.39 is 12.1 Å². The highest BCUT2D eigenvalue weighted by Gasteiger charge is 2.37. The molecule has 1 aliphatic heterocycles. The zero-order chi connectivity index (χ0) is 19.2. The molecule has 1 heterocycles. The summed E-state index contributed by atoms with van der Waals surface area (Å²) in [4.78, 5) is 26.1. The van der Waals surface area contributed by atoms with Crippen molar-refractivity contribution in [3.8, 4) is 11.5 Å². The molecular formula is C20H22N2O5. The summed E-state index contributed by atoms with van der Waals surface area (Å²) in [7, 11) is 3.19. The van der Waals surface area contributed by atoms with Crippen LogP contribution in [0.4, 0.5) is 4.79 Å². The van der Waals surface area contributed by atoms with Crippen molar-refractivity contribution in [1.29, 1.82) is 0 Å². The van der Waals surface area contributed by atoms with Crippen LogP contribution in [0, 0.1) is 0 Å². The van der Waals surface area contributed by atoms with Gasteiger partial charge in [0.1, 0.15) is 24.1 Å². The molecule has 2 aromatic rings. The van der Waals surface area contributed by atoms with Crippen LogP contribution in [0.2, 0.25) is 0 Å². The SMILES string of the molecule is COc1ccc(CN2C(=O)OC[C@H]2C(=O)NCc2cccc(OC)c2)cc1. The largest absolute Gasteiger partial charge is 0.497 e. The van der Waals surface area contributed by atoms with E-state index >= 15 is 0 Å². The minimum Gasteiger partial charge on any atom is -0.497 e. The molecule has 7 heteroatoms. The predicted octanol–water partition coefficient (Wildman–Crippen LogP) is 2.34. The van der Waals surface area contributed by atoms with Crippen molar-refractivity contribution < 1.29 is 23.8 Å². The number of cyclic esters (lactones) is 1. The van der Waals surface area contributed by atoms with E-state index in [1.165, 1.54) is 4.90 Å². The normalized spacial score (nSPS) is 16.0. The molecule has 1 saturated heterocycles. The maximum atomic E-state index is 12.6. The second-order valence-corrected chi connectivity index (χ2v) is 6.14. The van der Waals surface area contributed by atoms with Crippen LogP contribution in [0.25, 0.3) is 0 Å². The lowest BCUT2D eigenvalue weighted by atomic mass is 10.1. The van der Waals surface area contributed by atoms with Crippen LogP contribution < -0.4 is 14.8 Å². The predicted molar refractivity (Wildman–Crippen MR) is 98.5 cm³/mol. The van der Waals surface area contributed by atoms with E-state index in [0.29, 0.717) is 13.1 Å². The molecule has 27 heavy (non-hydrogen) atoms. The van der Waals surface area contributed by atoms with Crippen LogP contribution in [0.5, 0.6) is 11.5 Å². The summed E-state index contributed by atoms with van der Waals surface area (Å²) in [5, 5.41) is 2.86. The minimum absolute atomic E-state index is 0.0406. The monoisotopic (exact) mass is 370 g/mol. The number of ether oxygens (including phenoxy) is 3. The van der Waals surface area contributed by atoms with Crippen molar-refractivity contribution in [3.05, 3.63) is 59.7 Å². The Labute approximate surface area is 157 Å². The molecule has 3 rings (SSSR count). The zero-order valence-electron chi connectivity index (χ0n) is 15.3. The van der Waals surface area contributed by atoms with Gasteiger partial charge in [0.15, 0.2) is 0 Å². The first-order valence-corrected chi connectivity index (χ1v) is 8.57. The summed E-state index contributed by atoms with van der Waals surface area (Å²) in [5.41, 5.74) is 1.80. The molecule has 0 bridgehead atoms. The van der Waals surface area contributed by atoms with Gasteiger partial charge in [0.05, 0.1) is 20.8 Å². The lowest BCUT2D eigenvalue weighted by Gasteiger charge is -2.21. The Morgan fingerprint density at radius 1 is 1.11 bits per heavy atom. The molecule has 1 fully saturated rings. The molecule has 1 N–H and O–H groups in total. The number of benzene rings is 2. The van der Waals surface area contributed by atoms with Gasteiger partial charge in [-0.15, -0.1) is 0 Å². The van der Waals surface area contributed by atoms with E-state index in [4.69, 9.17) is 14.2 Å². The summed E-state index contributed by atoms with van der Waals surface area (Å²) in [6.07, 6.45) is -0.493. The first kappa shape index (κ1) is 18.6. The fourth-order valence-corrected chi connectivity index (χ4v) is 2.86. The van der Waals surface area contributed by atoms with E-state index in [2.05, 4.69) is 5.32 Å². The Morgan fingerprint density at radius 3 is 2.56 bits per heavy atom. The average Bonchev–Trinajstić information content (AvgIpc) is 3.07. The van der Waals surface area contributed by atoms with Crippen LogP contribution in [-0.2, 0) is 22.6 Å². The van der Waals surface area contributed by atoms with Gasteiger partial charge in [-0.3, -0.25) is 9.69 Å². The molecule has 0 saturated carbocycles. The van der Waals surface area contributed by atoms with Gasteiger partial charge in [-0.1, -0.05) is 24.3 Å². The van der Waals surface area contributed by atoms with Crippen LogP contribution in [0.15, 0.2) is 48.5 Å². The molecule has 0 aromatic heterocycles. The van der Waals surface area contributed by atoms with Crippen LogP contribution in [0.1, 0.15) is 11.1 Å². The molecule has 1 aliphatic rings. The fourth-order valence-electron chi connectivity index (χ4n) is 2.86. The Balaban J connectivity index is 1.62. The summed E-state index contributed by atoms with van der Waals surface area (Å²) < 4.78 is 15.4. The van der Waals surface area contributed by atoms with Gasteiger partial charge in [-0.25, -0.2) is 4.79 Å². The lowest BCUT2D eigenvalue weighted by molar-refractivity contribution is -0.125. The van der Waals surface area contributed by atoms with E-state index in [0.717, 1.165) is 22.6 Å². The number of carbonyl (C=O) groups excluding carboxylic acids is 2. The van der Waals surface area contributed by atoms with Crippen molar-refractivity contribution in [2.75, 3.05) is 20.8 Å². The van der Waals surface area contributed by atoms with Crippen molar-refractivity contribution >= 4 is 12.0 Å². The number of hydrogen-bond donors (Lipinski definition) is 1. The van der Waals surface area contributed by atoms with Crippen LogP contribution >= 0.6 is 0 Å². The molecule has 0 unspecified atom stereocenters. The summed E-state index contributed by atoms with van der Waals surface area (Å²) >= 11 is 0. The second kappa shape index (κ2) is 8.44. The first-order valence-electron chi connectivity index (χ1n) is 8.57. The molecule has 142 valence electrons. The molecule has 7 nitrogen and oxygen atoms in total. The number of hydrogen-bond acceptors (Lipinski definition) is 5. The Hall–Kier alpha value is -3.22. The lowest BCUT2D eigenvalue weighted by Crippen LogP contribution is -2.45. The van der Waals surface area contributed by atoms with Crippen LogP contribution in [-0.4, -0.2) is 43.8 Å². The zero-order valence-corrected chi connectivity index (χ0v) is 15.3. The van der Waals surface area contributed by atoms with Crippen molar-refractivity contribution in [3.63, 3.8) is 0 Å². The van der Waals surface area contributed by atoms with Gasteiger partial charge < -0.3 is 19.5 Å². The number of nitrogens with zero attached hydrogens (tertiary/aromatic N) is 1. The van der Waals surface area contributed by atoms with Gasteiger partial charge in [-0.05, 0) is 35.4 Å². The number of rotatable bonds is 7. The molecule has 2 amide bonds. The van der Waals surface area contributed by atoms with Gasteiger partial charge >= 0.3 is 6.09 Å². The molecule has 0 spiro atoms. The third kappa shape index (κ3) is 4.49. The van der Waals surface area contributed by atoms with E-state index in [-0.39, 0.29) is 12.5 Å².